The number of ether oxygens (including phenoxy) is 1. The summed E-state index contributed by atoms with van der Waals surface area (Å²) in [6, 6.07) is 5.61. The van der Waals surface area contributed by atoms with Gasteiger partial charge in [0.2, 0.25) is 0 Å². The molecule has 27 heavy (non-hydrogen) atoms. The fourth-order valence-corrected chi connectivity index (χ4v) is 4.54. The van der Waals surface area contributed by atoms with Crippen LogP contribution in [0.2, 0.25) is 0 Å². The van der Waals surface area contributed by atoms with Crippen molar-refractivity contribution in [2.45, 2.75) is 48.7 Å². The van der Waals surface area contributed by atoms with Crippen molar-refractivity contribution in [3.63, 3.8) is 0 Å². The number of halogens is 3. The quantitative estimate of drug-likeness (QED) is 0.788. The number of hydrogen-bond donors (Lipinski definition) is 1. The lowest BCUT2D eigenvalue weighted by atomic mass is 9.93. The van der Waals surface area contributed by atoms with Crippen LogP contribution < -0.4 is 5.32 Å². The van der Waals surface area contributed by atoms with Gasteiger partial charge in [0.15, 0.2) is 0 Å². The van der Waals surface area contributed by atoms with E-state index in [1.807, 2.05) is 6.07 Å². The molecule has 0 radical (unpaired) electrons. The number of alkyl halides is 3. The number of fused-ring (bicyclic) bond motifs is 1. The first kappa shape index (κ1) is 18.9. The van der Waals surface area contributed by atoms with Crippen LogP contribution in [-0.2, 0) is 4.74 Å². The van der Waals surface area contributed by atoms with Crippen LogP contribution in [0.15, 0.2) is 23.1 Å². The highest BCUT2D eigenvalue weighted by molar-refractivity contribution is 8.00. The van der Waals surface area contributed by atoms with Gasteiger partial charge in [-0.25, -0.2) is 4.52 Å². The zero-order valence-corrected chi connectivity index (χ0v) is 16.2. The Morgan fingerprint density at radius 3 is 2.56 bits per heavy atom. The molecule has 148 valence electrons. The Bertz CT molecular complexity index is 826. The average molecular weight is 400 g/mol. The third kappa shape index (κ3) is 3.77. The van der Waals surface area contributed by atoms with Crippen molar-refractivity contribution in [3.8, 4) is 0 Å². The van der Waals surface area contributed by atoms with Crippen LogP contribution >= 0.6 is 11.8 Å². The van der Waals surface area contributed by atoms with E-state index in [4.69, 9.17) is 4.74 Å². The molecule has 0 saturated carbocycles. The van der Waals surface area contributed by atoms with Crippen LogP contribution in [0.4, 0.5) is 19.0 Å². The molecule has 4 heterocycles. The molecule has 0 amide bonds. The Morgan fingerprint density at radius 1 is 1.26 bits per heavy atom. The zero-order chi connectivity index (χ0) is 19.2. The molecule has 2 aromatic heterocycles. The van der Waals surface area contributed by atoms with Crippen molar-refractivity contribution in [3.05, 3.63) is 23.9 Å². The second kappa shape index (κ2) is 6.86. The van der Waals surface area contributed by atoms with Gasteiger partial charge < -0.3 is 10.1 Å². The SMILES string of the molecule is Cc1nn2c(NC3CCN(C4(C)COC4)CC3)cccc2c1SC(F)(F)F. The smallest absolute Gasteiger partial charge is 0.377 e. The number of aromatic nitrogens is 2. The normalized spacial score (nSPS) is 21.4. The Kier molecular flexibility index (Phi) is 4.80. The molecule has 2 fully saturated rings. The van der Waals surface area contributed by atoms with E-state index in [1.54, 1.807) is 23.6 Å². The number of likely N-dealkylation sites (tertiary alicyclic amines) is 1. The number of piperidine rings is 1. The molecule has 0 aliphatic carbocycles. The number of thioether (sulfide) groups is 1. The lowest BCUT2D eigenvalue weighted by Gasteiger charge is -2.49. The highest BCUT2D eigenvalue weighted by Crippen LogP contribution is 2.41. The molecule has 0 bridgehead atoms. The molecule has 2 aliphatic heterocycles. The van der Waals surface area contributed by atoms with Crippen LogP contribution in [0.25, 0.3) is 5.52 Å². The third-order valence-electron chi connectivity index (χ3n) is 5.43. The molecule has 0 unspecified atom stereocenters. The number of nitrogens with one attached hydrogen (secondary N) is 1. The molecule has 0 atom stereocenters. The summed E-state index contributed by atoms with van der Waals surface area (Å²) in [5, 5.41) is 7.83. The first-order valence-electron chi connectivity index (χ1n) is 9.09. The second-order valence-corrected chi connectivity index (χ2v) is 8.64. The van der Waals surface area contributed by atoms with Crippen LogP contribution in [0, 0.1) is 6.92 Å². The number of pyridine rings is 1. The third-order valence-corrected chi connectivity index (χ3v) is 6.37. The van der Waals surface area contributed by atoms with E-state index in [2.05, 4.69) is 22.2 Å². The molecule has 1 N–H and O–H groups in total. The van der Waals surface area contributed by atoms with Gasteiger partial charge in [0.25, 0.3) is 0 Å². The molecule has 9 heteroatoms. The zero-order valence-electron chi connectivity index (χ0n) is 15.3. The van der Waals surface area contributed by atoms with Crippen LogP contribution in [0.1, 0.15) is 25.5 Å². The summed E-state index contributed by atoms with van der Waals surface area (Å²) in [6.45, 7) is 7.40. The lowest BCUT2D eigenvalue weighted by molar-refractivity contribution is -0.135. The summed E-state index contributed by atoms with van der Waals surface area (Å²) in [5.41, 5.74) is -3.30. The second-order valence-electron chi connectivity index (χ2n) is 7.57. The minimum absolute atomic E-state index is 0.0994. The van der Waals surface area contributed by atoms with Crippen molar-refractivity contribution < 1.29 is 17.9 Å². The van der Waals surface area contributed by atoms with Crippen LogP contribution in [0.3, 0.4) is 0 Å². The predicted molar refractivity (Wildman–Crippen MR) is 99.3 cm³/mol. The maximum Gasteiger partial charge on any atom is 0.446 e. The maximum absolute atomic E-state index is 12.9. The van der Waals surface area contributed by atoms with Crippen LogP contribution in [-0.4, -0.2) is 57.9 Å². The van der Waals surface area contributed by atoms with E-state index in [1.165, 1.54) is 0 Å². The van der Waals surface area contributed by atoms with Gasteiger partial charge in [-0.05, 0) is 50.6 Å². The monoisotopic (exact) mass is 400 g/mol. The Labute approximate surface area is 160 Å². The number of anilines is 1. The minimum Gasteiger partial charge on any atom is -0.377 e. The highest BCUT2D eigenvalue weighted by Gasteiger charge is 2.40. The predicted octanol–water partition coefficient (Wildman–Crippen LogP) is 3.92. The summed E-state index contributed by atoms with van der Waals surface area (Å²) >= 11 is -0.0994. The molecule has 2 saturated heterocycles. The maximum atomic E-state index is 12.9. The molecule has 0 aromatic carbocycles. The minimum atomic E-state index is -4.33. The van der Waals surface area contributed by atoms with Crippen molar-refractivity contribution in [1.82, 2.24) is 14.5 Å². The average Bonchev–Trinajstić information content (AvgIpc) is 2.89. The topological polar surface area (TPSA) is 41.8 Å². The molecule has 2 aromatic rings. The van der Waals surface area contributed by atoms with Gasteiger partial charge in [0.05, 0.1) is 34.9 Å². The summed E-state index contributed by atoms with van der Waals surface area (Å²) in [7, 11) is 0. The number of nitrogens with zero attached hydrogens (tertiary/aromatic N) is 3. The summed E-state index contributed by atoms with van der Waals surface area (Å²) in [6.07, 6.45) is 1.97. The fourth-order valence-electron chi connectivity index (χ4n) is 3.87. The van der Waals surface area contributed by atoms with E-state index in [-0.39, 0.29) is 28.2 Å². The lowest BCUT2D eigenvalue weighted by Crippen LogP contribution is -2.62. The summed E-state index contributed by atoms with van der Waals surface area (Å²) < 4.78 is 45.5. The molecular weight excluding hydrogens is 377 g/mol. The standard InChI is InChI=1S/C18H23F3N4OS/c1-12-16(27-18(19,20)21)14-4-3-5-15(25(14)23-12)22-13-6-8-24(9-7-13)17(2)10-26-11-17/h3-5,13,22H,6-11H2,1-2H3. The van der Waals surface area contributed by atoms with Crippen molar-refractivity contribution in [2.24, 2.45) is 0 Å². The van der Waals surface area contributed by atoms with E-state index >= 15 is 0 Å². The van der Waals surface area contributed by atoms with Gasteiger partial charge in [0, 0.05) is 19.1 Å². The number of aryl methyl sites for hydroxylation is 1. The first-order valence-corrected chi connectivity index (χ1v) is 9.90. The van der Waals surface area contributed by atoms with Crippen molar-refractivity contribution in [2.75, 3.05) is 31.6 Å². The van der Waals surface area contributed by atoms with Crippen LogP contribution in [0.5, 0.6) is 0 Å². The molecule has 0 spiro atoms. The summed E-state index contributed by atoms with van der Waals surface area (Å²) in [5.74, 6) is 0.737. The molecule has 5 nitrogen and oxygen atoms in total. The highest BCUT2D eigenvalue weighted by atomic mass is 32.2. The van der Waals surface area contributed by atoms with Crippen molar-refractivity contribution >= 4 is 23.1 Å². The van der Waals surface area contributed by atoms with Gasteiger partial charge in [-0.3, -0.25) is 4.90 Å². The van der Waals surface area contributed by atoms with Crippen molar-refractivity contribution in [1.29, 1.82) is 0 Å². The molecule has 2 aliphatic rings. The van der Waals surface area contributed by atoms with E-state index < -0.39 is 5.51 Å². The summed E-state index contributed by atoms with van der Waals surface area (Å²) in [4.78, 5) is 2.64. The molecule has 4 rings (SSSR count). The number of hydrogen-bond acceptors (Lipinski definition) is 5. The van der Waals surface area contributed by atoms with Gasteiger partial charge in [0.1, 0.15) is 5.82 Å². The van der Waals surface area contributed by atoms with E-state index in [0.717, 1.165) is 45.0 Å². The van der Waals surface area contributed by atoms with Gasteiger partial charge in [-0.15, -0.1) is 0 Å². The van der Waals surface area contributed by atoms with Gasteiger partial charge in [-0.1, -0.05) is 6.07 Å². The van der Waals surface area contributed by atoms with E-state index in [9.17, 15) is 13.2 Å². The number of rotatable bonds is 4. The Morgan fingerprint density at radius 2 is 1.96 bits per heavy atom. The molecular formula is C18H23F3N4OS. The largest absolute Gasteiger partial charge is 0.446 e. The first-order chi connectivity index (χ1) is 12.8. The Balaban J connectivity index is 1.49. The Hall–Kier alpha value is -1.45. The van der Waals surface area contributed by atoms with Gasteiger partial charge >= 0.3 is 5.51 Å². The van der Waals surface area contributed by atoms with Gasteiger partial charge in [-0.2, -0.15) is 18.3 Å². The fraction of sp³-hybridized carbons (Fsp3) is 0.611. The van der Waals surface area contributed by atoms with E-state index in [0.29, 0.717) is 11.2 Å².